The second-order valence-corrected chi connectivity index (χ2v) is 14.2. The van der Waals surface area contributed by atoms with Crippen molar-refractivity contribution in [3.63, 3.8) is 0 Å². The molecule has 1 aromatic carbocycles. The number of aryl methyl sites for hydroxylation is 3. The Morgan fingerprint density at radius 2 is 2.00 bits per heavy atom. The number of hydrogen-bond donors (Lipinski definition) is 1. The number of ether oxygens (including phenoxy) is 1. The van der Waals surface area contributed by atoms with Crippen LogP contribution in [0, 0.1) is 13.8 Å². The van der Waals surface area contributed by atoms with Gasteiger partial charge >= 0.3 is 5.97 Å². The molecule has 46 heavy (non-hydrogen) atoms. The van der Waals surface area contributed by atoms with Crippen molar-refractivity contribution in [2.75, 3.05) is 13.2 Å². The molecule has 5 aromatic rings. The van der Waals surface area contributed by atoms with Crippen LogP contribution in [0.25, 0.3) is 21.3 Å². The number of thiophene rings is 1. The van der Waals surface area contributed by atoms with E-state index < -0.39 is 5.97 Å². The summed E-state index contributed by atoms with van der Waals surface area (Å²) in [5.41, 5.74) is 4.62. The van der Waals surface area contributed by atoms with Gasteiger partial charge in [0.15, 0.2) is 0 Å². The molecule has 0 unspecified atom stereocenters. The molecule has 1 saturated heterocycles. The maximum Gasteiger partial charge on any atom is 0.338 e. The van der Waals surface area contributed by atoms with Gasteiger partial charge in [-0.3, -0.25) is 19.2 Å². The van der Waals surface area contributed by atoms with Gasteiger partial charge in [-0.25, -0.2) is 14.8 Å². The van der Waals surface area contributed by atoms with Gasteiger partial charge in [0.25, 0.3) is 5.56 Å². The molecule has 0 bridgehead atoms. The standard InChI is InChI=1S/C34H34ClN5O4S2/c1-19-15-24(31-30(37-19)26(18-46-31)34(42)43)23-16-21(35)6-9-29(23)44-13-12-39-20(2)38-27-8-7-22(17-25(27)33(39)41)40-11-4-3-5-28(40)32-36-10-14-45-32/h6,9-10,14-16,18,22,28H,3-5,7-8,11-13,17H2,1-2H3,(H,42,43)/t22-,28+/m1/s1. The lowest BCUT2D eigenvalue weighted by atomic mass is 9.88. The lowest BCUT2D eigenvalue weighted by molar-refractivity contribution is 0.0699. The predicted molar refractivity (Wildman–Crippen MR) is 182 cm³/mol. The van der Waals surface area contributed by atoms with Crippen LogP contribution in [0.5, 0.6) is 5.75 Å². The number of thiazole rings is 1. The van der Waals surface area contributed by atoms with Crippen LogP contribution in [0.1, 0.15) is 69.9 Å². The molecule has 238 valence electrons. The van der Waals surface area contributed by atoms with E-state index in [1.165, 1.54) is 29.2 Å². The first-order valence-corrected chi connectivity index (χ1v) is 17.7. The van der Waals surface area contributed by atoms with Crippen LogP contribution < -0.4 is 10.3 Å². The molecule has 0 saturated carbocycles. The molecule has 12 heteroatoms. The highest BCUT2D eigenvalue weighted by Gasteiger charge is 2.35. The Kier molecular flexibility index (Phi) is 8.67. The third-order valence-corrected chi connectivity index (χ3v) is 11.2. The van der Waals surface area contributed by atoms with Crippen LogP contribution in [-0.4, -0.2) is 54.7 Å². The lowest BCUT2D eigenvalue weighted by Gasteiger charge is -2.42. The number of pyridine rings is 1. The molecule has 7 rings (SSSR count). The molecule has 4 aromatic heterocycles. The first-order chi connectivity index (χ1) is 22.3. The number of aromatic carboxylic acids is 1. The smallest absolute Gasteiger partial charge is 0.338 e. The molecular weight excluding hydrogens is 642 g/mol. The first kappa shape index (κ1) is 31.0. The fourth-order valence-corrected chi connectivity index (χ4v) is 8.96. The van der Waals surface area contributed by atoms with Crippen LogP contribution in [0.15, 0.2) is 46.0 Å². The molecule has 5 heterocycles. The van der Waals surface area contributed by atoms with E-state index in [1.807, 2.05) is 38.2 Å². The maximum atomic E-state index is 14.0. The number of halogens is 1. The number of carboxylic acid groups (broad SMARTS) is 1. The van der Waals surface area contributed by atoms with Gasteiger partial charge < -0.3 is 9.84 Å². The molecule has 9 nitrogen and oxygen atoms in total. The number of likely N-dealkylation sites (tertiary alicyclic amines) is 1. The minimum absolute atomic E-state index is 0.0150. The summed E-state index contributed by atoms with van der Waals surface area (Å²) in [6.45, 7) is 5.34. The highest BCUT2D eigenvalue weighted by atomic mass is 35.5. The normalized spacial score (nSPS) is 18.5. The second kappa shape index (κ2) is 12.9. The minimum Gasteiger partial charge on any atom is -0.491 e. The van der Waals surface area contributed by atoms with E-state index in [0.29, 0.717) is 52.9 Å². The number of benzene rings is 1. The van der Waals surface area contributed by atoms with Crippen LogP contribution in [0.2, 0.25) is 5.02 Å². The average Bonchev–Trinajstić information content (AvgIpc) is 3.74. The monoisotopic (exact) mass is 675 g/mol. The Morgan fingerprint density at radius 3 is 2.80 bits per heavy atom. The van der Waals surface area contributed by atoms with E-state index in [9.17, 15) is 14.7 Å². The van der Waals surface area contributed by atoms with Crippen molar-refractivity contribution in [1.82, 2.24) is 24.4 Å². The number of rotatable bonds is 8. The number of piperidine rings is 1. The summed E-state index contributed by atoms with van der Waals surface area (Å²) < 4.78 is 8.81. The van der Waals surface area contributed by atoms with Crippen molar-refractivity contribution < 1.29 is 14.6 Å². The Morgan fingerprint density at radius 1 is 1.13 bits per heavy atom. The quantitative estimate of drug-likeness (QED) is 0.185. The molecule has 1 fully saturated rings. The van der Waals surface area contributed by atoms with Crippen LogP contribution in [-0.2, 0) is 19.4 Å². The summed E-state index contributed by atoms with van der Waals surface area (Å²) >= 11 is 9.49. The van der Waals surface area contributed by atoms with Crippen LogP contribution in [0.4, 0.5) is 0 Å². The highest BCUT2D eigenvalue weighted by Crippen LogP contribution is 2.41. The predicted octanol–water partition coefficient (Wildman–Crippen LogP) is 7.11. The van der Waals surface area contributed by atoms with Crippen molar-refractivity contribution >= 4 is 50.5 Å². The second-order valence-electron chi connectivity index (χ2n) is 12.0. The third kappa shape index (κ3) is 5.85. The Labute approximate surface area is 279 Å². The van der Waals surface area contributed by atoms with Gasteiger partial charge in [0.2, 0.25) is 0 Å². The van der Waals surface area contributed by atoms with Gasteiger partial charge in [0.1, 0.15) is 23.2 Å². The number of carbonyl (C=O) groups is 1. The molecule has 2 aliphatic rings. The number of fused-ring (bicyclic) bond motifs is 2. The van der Waals surface area contributed by atoms with E-state index >= 15 is 0 Å². The number of nitrogens with zero attached hydrogens (tertiary/aromatic N) is 5. The van der Waals surface area contributed by atoms with Gasteiger partial charge in [-0.1, -0.05) is 18.0 Å². The van der Waals surface area contributed by atoms with Gasteiger partial charge in [-0.2, -0.15) is 0 Å². The molecule has 1 N–H and O–H groups in total. The molecule has 0 radical (unpaired) electrons. The van der Waals surface area contributed by atoms with E-state index in [1.54, 1.807) is 27.4 Å². The SMILES string of the molecule is Cc1cc(-c2cc(Cl)ccc2OCCn2c(C)nc3c(c2=O)C[C@H](N2CCCC[C@H]2c2nccs2)CC3)c2scc(C(=O)O)c2n1. The fourth-order valence-electron chi connectivity index (χ4n) is 6.99. The Balaban J connectivity index is 1.13. The van der Waals surface area contributed by atoms with Crippen molar-refractivity contribution in [2.45, 2.75) is 71.0 Å². The Bertz CT molecular complexity index is 1990. The molecular formula is C34H34ClN5O4S2. The molecule has 1 aliphatic carbocycles. The van der Waals surface area contributed by atoms with E-state index in [0.717, 1.165) is 52.9 Å². The highest BCUT2D eigenvalue weighted by molar-refractivity contribution is 7.18. The van der Waals surface area contributed by atoms with Crippen molar-refractivity contribution in [2.24, 2.45) is 0 Å². The van der Waals surface area contributed by atoms with E-state index in [-0.39, 0.29) is 17.7 Å². The lowest BCUT2D eigenvalue weighted by Crippen LogP contribution is -2.46. The largest absolute Gasteiger partial charge is 0.491 e. The molecule has 0 spiro atoms. The zero-order chi connectivity index (χ0) is 31.9. The van der Waals surface area contributed by atoms with Crippen LogP contribution in [0.3, 0.4) is 0 Å². The average molecular weight is 676 g/mol. The van der Waals surface area contributed by atoms with E-state index in [2.05, 4.69) is 20.2 Å². The maximum absolute atomic E-state index is 14.0. The number of aromatic nitrogens is 4. The molecule has 0 amide bonds. The zero-order valence-corrected chi connectivity index (χ0v) is 28.1. The summed E-state index contributed by atoms with van der Waals surface area (Å²) in [7, 11) is 0. The number of hydrogen-bond acceptors (Lipinski definition) is 9. The Hall–Kier alpha value is -3.64. The fraction of sp³-hybridized carbons (Fsp3) is 0.382. The topological polar surface area (TPSA) is 110 Å². The summed E-state index contributed by atoms with van der Waals surface area (Å²) in [5.74, 6) is 0.266. The van der Waals surface area contributed by atoms with Crippen molar-refractivity contribution in [1.29, 1.82) is 0 Å². The molecule has 1 aliphatic heterocycles. The van der Waals surface area contributed by atoms with Crippen molar-refractivity contribution in [3.05, 3.63) is 89.9 Å². The molecule has 2 atom stereocenters. The number of carboxylic acids is 1. The summed E-state index contributed by atoms with van der Waals surface area (Å²) in [4.78, 5) is 42.4. The van der Waals surface area contributed by atoms with Gasteiger partial charge in [-0.05, 0) is 76.8 Å². The minimum atomic E-state index is -1.01. The third-order valence-electron chi connectivity index (χ3n) is 9.13. The van der Waals surface area contributed by atoms with Crippen molar-refractivity contribution in [3.8, 4) is 16.9 Å². The zero-order valence-electron chi connectivity index (χ0n) is 25.7. The summed E-state index contributed by atoms with van der Waals surface area (Å²) in [5, 5.41) is 15.1. The summed E-state index contributed by atoms with van der Waals surface area (Å²) in [6, 6.07) is 7.93. The van der Waals surface area contributed by atoms with E-state index in [4.69, 9.17) is 21.3 Å². The van der Waals surface area contributed by atoms with Gasteiger partial charge in [0, 0.05) is 50.4 Å². The van der Waals surface area contributed by atoms with Gasteiger partial charge in [0.05, 0.1) is 34.1 Å². The van der Waals surface area contributed by atoms with Gasteiger partial charge in [-0.15, -0.1) is 22.7 Å². The first-order valence-electron chi connectivity index (χ1n) is 15.6. The van der Waals surface area contributed by atoms with Crippen LogP contribution >= 0.6 is 34.3 Å². The summed E-state index contributed by atoms with van der Waals surface area (Å²) in [6.07, 6.45) is 7.86.